The molecule has 2 aliphatic heterocycles. The number of aliphatic carboxylic acids is 1. The summed E-state index contributed by atoms with van der Waals surface area (Å²) in [4.78, 5) is 39.7. The molecule has 2 aliphatic rings. The van der Waals surface area contributed by atoms with Gasteiger partial charge in [-0.3, -0.25) is 14.6 Å². The maximum absolute atomic E-state index is 11.9. The highest BCUT2D eigenvalue weighted by Crippen LogP contribution is 2.22. The van der Waals surface area contributed by atoms with Crippen molar-refractivity contribution in [1.29, 1.82) is 0 Å². The maximum atomic E-state index is 11.9. The third kappa shape index (κ3) is 1.67. The number of nitrogens with zero attached hydrogens (tertiary/aromatic N) is 2. The van der Waals surface area contributed by atoms with Gasteiger partial charge < -0.3 is 5.11 Å². The predicted octanol–water partition coefficient (Wildman–Crippen LogP) is -2.29. The molecule has 0 spiro atoms. The van der Waals surface area contributed by atoms with Gasteiger partial charge >= 0.3 is 12.0 Å². The number of carboxylic acid groups (broad SMARTS) is 1. The third-order valence-electron chi connectivity index (χ3n) is 3.29. The minimum absolute atomic E-state index is 0.235. The van der Waals surface area contributed by atoms with E-state index in [0.717, 1.165) is 4.90 Å². The molecule has 2 atom stereocenters. The Balaban J connectivity index is 2.33. The number of carbonyl (C=O) groups is 3. The summed E-state index contributed by atoms with van der Waals surface area (Å²) in [5.41, 5.74) is 0. The molecular weight excluding hydrogens is 226 g/mol. The molecule has 0 bridgehead atoms. The molecule has 0 radical (unpaired) electrons. The van der Waals surface area contributed by atoms with E-state index in [0.29, 0.717) is 5.84 Å². The van der Waals surface area contributed by atoms with Crippen LogP contribution in [0.3, 0.4) is 0 Å². The van der Waals surface area contributed by atoms with Crippen molar-refractivity contribution in [3.05, 3.63) is 0 Å². The number of fused-ring (bicyclic) bond motifs is 1. The SMILES string of the molecule is CN1C(=O)C2CC(C(=O)O)C[NH+]=C2N(C)C1=O. The first-order valence-electron chi connectivity index (χ1n) is 5.32. The van der Waals surface area contributed by atoms with Crippen LogP contribution < -0.4 is 4.99 Å². The van der Waals surface area contributed by atoms with E-state index in [1.54, 1.807) is 7.05 Å². The van der Waals surface area contributed by atoms with E-state index in [-0.39, 0.29) is 18.9 Å². The zero-order chi connectivity index (χ0) is 12.7. The van der Waals surface area contributed by atoms with E-state index < -0.39 is 23.8 Å². The van der Waals surface area contributed by atoms with Gasteiger partial charge in [0, 0.05) is 7.05 Å². The normalized spacial score (nSPS) is 28.9. The van der Waals surface area contributed by atoms with Crippen molar-refractivity contribution in [2.75, 3.05) is 20.6 Å². The number of hydrogen-bond acceptors (Lipinski definition) is 3. The summed E-state index contributed by atoms with van der Waals surface area (Å²) in [6.45, 7) is 0.246. The standard InChI is InChI=1S/C10H13N3O4/c1-12-7-6(8(14)13(2)10(12)17)3-5(4-11-7)9(15)16/h5-6H,3-4H2,1-2H3,(H,15,16)/p+1. The monoisotopic (exact) mass is 240 g/mol. The molecule has 2 heterocycles. The molecule has 17 heavy (non-hydrogen) atoms. The second-order valence-electron chi connectivity index (χ2n) is 4.33. The number of rotatable bonds is 1. The molecule has 2 unspecified atom stereocenters. The Morgan fingerprint density at radius 2 is 2.00 bits per heavy atom. The Labute approximate surface area is 97.7 Å². The lowest BCUT2D eigenvalue weighted by atomic mass is 9.88. The molecule has 0 aromatic rings. The fourth-order valence-corrected chi connectivity index (χ4v) is 2.24. The van der Waals surface area contributed by atoms with E-state index in [1.807, 2.05) is 0 Å². The summed E-state index contributed by atoms with van der Waals surface area (Å²) >= 11 is 0. The third-order valence-corrected chi connectivity index (χ3v) is 3.29. The van der Waals surface area contributed by atoms with Gasteiger partial charge in [-0.2, -0.15) is 4.90 Å². The van der Waals surface area contributed by atoms with Crippen molar-refractivity contribution in [1.82, 2.24) is 9.80 Å². The van der Waals surface area contributed by atoms with Gasteiger partial charge in [0.2, 0.25) is 5.91 Å². The van der Waals surface area contributed by atoms with Crippen molar-refractivity contribution in [2.24, 2.45) is 11.8 Å². The first-order valence-corrected chi connectivity index (χ1v) is 5.32. The molecule has 0 aromatic heterocycles. The Hall–Kier alpha value is -1.92. The van der Waals surface area contributed by atoms with Gasteiger partial charge in [0.25, 0.3) is 5.84 Å². The molecule has 0 saturated carbocycles. The Morgan fingerprint density at radius 1 is 1.35 bits per heavy atom. The minimum Gasteiger partial charge on any atom is -0.481 e. The number of hydrogen-bond donors (Lipinski definition) is 2. The van der Waals surface area contributed by atoms with E-state index in [4.69, 9.17) is 5.11 Å². The van der Waals surface area contributed by atoms with E-state index in [2.05, 4.69) is 4.99 Å². The molecule has 0 aromatic carbocycles. The summed E-state index contributed by atoms with van der Waals surface area (Å²) < 4.78 is 0. The zero-order valence-electron chi connectivity index (χ0n) is 9.64. The van der Waals surface area contributed by atoms with Crippen LogP contribution in [0.15, 0.2) is 0 Å². The molecule has 1 fully saturated rings. The predicted molar refractivity (Wildman–Crippen MR) is 56.0 cm³/mol. The fourth-order valence-electron chi connectivity index (χ4n) is 2.24. The number of amides is 3. The fraction of sp³-hybridized carbons (Fsp3) is 0.600. The quantitative estimate of drug-likeness (QED) is 0.539. The molecule has 3 amide bonds. The molecular formula is C10H14N3O4+. The van der Waals surface area contributed by atoms with Gasteiger partial charge in [-0.15, -0.1) is 0 Å². The van der Waals surface area contributed by atoms with Crippen LogP contribution in [-0.4, -0.2) is 59.3 Å². The zero-order valence-corrected chi connectivity index (χ0v) is 9.64. The summed E-state index contributed by atoms with van der Waals surface area (Å²) in [6.07, 6.45) is 0.235. The number of nitrogens with one attached hydrogen (secondary N) is 1. The molecule has 2 rings (SSSR count). The topological polar surface area (TPSA) is 91.9 Å². The van der Waals surface area contributed by atoms with Crippen LogP contribution in [0, 0.1) is 11.8 Å². The lowest BCUT2D eigenvalue weighted by Gasteiger charge is -2.33. The van der Waals surface area contributed by atoms with E-state index >= 15 is 0 Å². The van der Waals surface area contributed by atoms with Crippen LogP contribution in [0.4, 0.5) is 4.79 Å². The van der Waals surface area contributed by atoms with E-state index in [9.17, 15) is 14.4 Å². The largest absolute Gasteiger partial charge is 0.481 e. The molecule has 0 aliphatic carbocycles. The smallest absolute Gasteiger partial charge is 0.417 e. The van der Waals surface area contributed by atoms with Crippen molar-refractivity contribution in [3.8, 4) is 0 Å². The van der Waals surface area contributed by atoms with Crippen molar-refractivity contribution in [2.45, 2.75) is 6.42 Å². The highest BCUT2D eigenvalue weighted by Gasteiger charge is 2.49. The molecule has 7 heteroatoms. The summed E-state index contributed by atoms with van der Waals surface area (Å²) in [5, 5.41) is 8.94. The van der Waals surface area contributed by atoms with Crippen LogP contribution >= 0.6 is 0 Å². The number of carbonyl (C=O) groups excluding carboxylic acids is 2. The van der Waals surface area contributed by atoms with Crippen molar-refractivity contribution in [3.63, 3.8) is 0 Å². The average molecular weight is 240 g/mol. The minimum atomic E-state index is -0.924. The maximum Gasteiger partial charge on any atom is 0.417 e. The number of amidine groups is 1. The van der Waals surface area contributed by atoms with Gasteiger partial charge in [-0.1, -0.05) is 0 Å². The van der Waals surface area contributed by atoms with Crippen molar-refractivity contribution >= 4 is 23.7 Å². The lowest BCUT2D eigenvalue weighted by Crippen LogP contribution is -2.85. The van der Waals surface area contributed by atoms with Crippen LogP contribution in [0.1, 0.15) is 6.42 Å². The summed E-state index contributed by atoms with van der Waals surface area (Å²) in [7, 11) is 2.98. The summed E-state index contributed by atoms with van der Waals surface area (Å²) in [6, 6.07) is -0.400. The molecule has 7 nitrogen and oxygen atoms in total. The van der Waals surface area contributed by atoms with Crippen LogP contribution in [0.25, 0.3) is 0 Å². The molecule has 1 saturated heterocycles. The Kier molecular flexibility index (Phi) is 2.60. The highest BCUT2D eigenvalue weighted by molar-refractivity contribution is 6.16. The summed E-state index contributed by atoms with van der Waals surface area (Å²) in [5.74, 6) is -1.91. The van der Waals surface area contributed by atoms with E-state index in [1.165, 1.54) is 11.9 Å². The van der Waals surface area contributed by atoms with Gasteiger partial charge in [-0.25, -0.2) is 9.69 Å². The average Bonchev–Trinajstić information content (AvgIpc) is 2.32. The van der Waals surface area contributed by atoms with Crippen LogP contribution in [0.2, 0.25) is 0 Å². The second kappa shape index (κ2) is 3.83. The van der Waals surface area contributed by atoms with Crippen LogP contribution in [0.5, 0.6) is 0 Å². The number of imide groups is 1. The van der Waals surface area contributed by atoms with Crippen molar-refractivity contribution < 1.29 is 24.5 Å². The first kappa shape index (κ1) is 11.6. The van der Waals surface area contributed by atoms with Gasteiger partial charge in [-0.05, 0) is 6.42 Å². The molecule has 92 valence electrons. The number of carboxylic acids is 1. The second-order valence-corrected chi connectivity index (χ2v) is 4.33. The number of urea groups is 1. The lowest BCUT2D eigenvalue weighted by molar-refractivity contribution is -0.478. The highest BCUT2D eigenvalue weighted by atomic mass is 16.4. The molecule has 2 N–H and O–H groups in total. The Morgan fingerprint density at radius 3 is 2.59 bits per heavy atom. The first-order chi connectivity index (χ1) is 7.93. The van der Waals surface area contributed by atoms with Crippen LogP contribution in [-0.2, 0) is 9.59 Å². The Bertz CT molecular complexity index is 431. The van der Waals surface area contributed by atoms with Gasteiger partial charge in [0.05, 0.1) is 19.5 Å². The van der Waals surface area contributed by atoms with Gasteiger partial charge in [0.1, 0.15) is 5.92 Å². The van der Waals surface area contributed by atoms with Gasteiger partial charge in [0.15, 0.2) is 0 Å².